The number of hydrogen-bond donors (Lipinski definition) is 3. The second-order valence-electron chi connectivity index (χ2n) is 3.81. The number of nitrogens with zero attached hydrogens (tertiary/aromatic N) is 2. The van der Waals surface area contributed by atoms with Gasteiger partial charge in [0.05, 0.1) is 18.7 Å². The number of nitrogens with one attached hydrogen (secondary N) is 3. The average Bonchev–Trinajstić information content (AvgIpc) is 2.88. The van der Waals surface area contributed by atoms with Gasteiger partial charge in [0.15, 0.2) is 0 Å². The minimum atomic E-state index is -0.262. The van der Waals surface area contributed by atoms with Gasteiger partial charge in [-0.05, 0) is 12.1 Å². The van der Waals surface area contributed by atoms with Gasteiger partial charge >= 0.3 is 0 Å². The van der Waals surface area contributed by atoms with E-state index in [0.29, 0.717) is 17.9 Å². The molecule has 0 fully saturated rings. The van der Waals surface area contributed by atoms with E-state index in [1.807, 2.05) is 36.4 Å². The molecule has 0 atom stereocenters. The lowest BCUT2D eigenvalue weighted by atomic mass is 10.2. The molecule has 6 heteroatoms. The standard InChI is InChI=1S/C13H13N5O/c14-7-4-8-15-13(19)11-9-16-18-12(11)17-10-5-2-1-3-6-10/h1-3,5-6,9H,4,8H2,(H,15,19)(H2,16,17,18). The molecule has 0 bridgehead atoms. The topological polar surface area (TPSA) is 93.6 Å². The van der Waals surface area contributed by atoms with Crippen LogP contribution in [0.5, 0.6) is 0 Å². The van der Waals surface area contributed by atoms with Gasteiger partial charge in [-0.15, -0.1) is 0 Å². The summed E-state index contributed by atoms with van der Waals surface area (Å²) in [5.74, 6) is 0.267. The zero-order valence-corrected chi connectivity index (χ0v) is 10.2. The highest BCUT2D eigenvalue weighted by Gasteiger charge is 2.13. The van der Waals surface area contributed by atoms with Crippen molar-refractivity contribution in [2.75, 3.05) is 11.9 Å². The maximum atomic E-state index is 11.9. The smallest absolute Gasteiger partial charge is 0.256 e. The van der Waals surface area contributed by atoms with Gasteiger partial charge in [0.1, 0.15) is 11.4 Å². The van der Waals surface area contributed by atoms with Crippen LogP contribution in [-0.4, -0.2) is 22.6 Å². The Hall–Kier alpha value is -2.81. The third kappa shape index (κ3) is 3.33. The Balaban J connectivity index is 2.05. The van der Waals surface area contributed by atoms with E-state index in [-0.39, 0.29) is 12.3 Å². The minimum absolute atomic E-state index is 0.262. The third-order valence-corrected chi connectivity index (χ3v) is 2.45. The Morgan fingerprint density at radius 2 is 2.16 bits per heavy atom. The van der Waals surface area contributed by atoms with Crippen molar-refractivity contribution >= 4 is 17.4 Å². The molecule has 0 saturated carbocycles. The highest BCUT2D eigenvalue weighted by Crippen LogP contribution is 2.17. The van der Waals surface area contributed by atoms with E-state index in [0.717, 1.165) is 5.69 Å². The molecule has 0 aliphatic carbocycles. The quantitative estimate of drug-likeness (QED) is 0.710. The van der Waals surface area contributed by atoms with Crippen LogP contribution in [0.15, 0.2) is 36.5 Å². The molecule has 3 N–H and O–H groups in total. The zero-order valence-electron chi connectivity index (χ0n) is 10.2. The Kier molecular flexibility index (Phi) is 4.13. The number of carbonyl (C=O) groups excluding carboxylic acids is 1. The highest BCUT2D eigenvalue weighted by molar-refractivity contribution is 5.99. The molecule has 96 valence electrons. The first-order valence-corrected chi connectivity index (χ1v) is 5.82. The molecule has 0 saturated heterocycles. The number of rotatable bonds is 5. The van der Waals surface area contributed by atoms with Crippen molar-refractivity contribution in [1.82, 2.24) is 15.5 Å². The summed E-state index contributed by atoms with van der Waals surface area (Å²) in [7, 11) is 0. The maximum Gasteiger partial charge on any atom is 0.256 e. The van der Waals surface area contributed by atoms with Gasteiger partial charge in [-0.2, -0.15) is 10.4 Å². The van der Waals surface area contributed by atoms with Gasteiger partial charge in [0.2, 0.25) is 0 Å². The summed E-state index contributed by atoms with van der Waals surface area (Å²) in [4.78, 5) is 11.9. The number of hydrogen-bond acceptors (Lipinski definition) is 4. The molecule has 19 heavy (non-hydrogen) atoms. The van der Waals surface area contributed by atoms with E-state index >= 15 is 0 Å². The molecule has 6 nitrogen and oxygen atoms in total. The number of H-pyrrole nitrogens is 1. The van der Waals surface area contributed by atoms with Crippen LogP contribution in [0.1, 0.15) is 16.8 Å². The SMILES string of the molecule is N#CCCNC(=O)c1cn[nH]c1Nc1ccccc1. The van der Waals surface area contributed by atoms with E-state index in [2.05, 4.69) is 20.8 Å². The Labute approximate surface area is 110 Å². The van der Waals surface area contributed by atoms with Gasteiger partial charge in [-0.25, -0.2) is 0 Å². The summed E-state index contributed by atoms with van der Waals surface area (Å²) in [5.41, 5.74) is 1.28. The maximum absolute atomic E-state index is 11.9. The molecule has 0 spiro atoms. The van der Waals surface area contributed by atoms with Crippen LogP contribution in [0.25, 0.3) is 0 Å². The fourth-order valence-corrected chi connectivity index (χ4v) is 1.55. The molecule has 0 aliphatic rings. The van der Waals surface area contributed by atoms with E-state index in [1.165, 1.54) is 6.20 Å². The van der Waals surface area contributed by atoms with Crippen molar-refractivity contribution in [3.63, 3.8) is 0 Å². The first kappa shape index (κ1) is 12.6. The lowest BCUT2D eigenvalue weighted by Gasteiger charge is -2.06. The van der Waals surface area contributed by atoms with Gasteiger partial charge < -0.3 is 10.6 Å². The van der Waals surface area contributed by atoms with Crippen LogP contribution >= 0.6 is 0 Å². The third-order valence-electron chi connectivity index (χ3n) is 2.45. The normalized spacial score (nSPS) is 9.63. The molecular formula is C13H13N5O. The first-order valence-electron chi connectivity index (χ1n) is 5.82. The Bertz CT molecular complexity index is 585. The molecule has 1 amide bonds. The van der Waals surface area contributed by atoms with Crippen LogP contribution in [0.3, 0.4) is 0 Å². The second-order valence-corrected chi connectivity index (χ2v) is 3.81. The summed E-state index contributed by atoms with van der Waals surface area (Å²) < 4.78 is 0. The van der Waals surface area contributed by atoms with E-state index < -0.39 is 0 Å². The largest absolute Gasteiger partial charge is 0.351 e. The zero-order chi connectivity index (χ0) is 13.5. The number of aromatic nitrogens is 2. The molecule has 0 radical (unpaired) electrons. The van der Waals surface area contributed by atoms with Crippen molar-refractivity contribution in [3.8, 4) is 6.07 Å². The van der Waals surface area contributed by atoms with Gasteiger partial charge in [0.25, 0.3) is 5.91 Å². The highest BCUT2D eigenvalue weighted by atomic mass is 16.1. The number of carbonyl (C=O) groups is 1. The summed E-state index contributed by atoms with van der Waals surface area (Å²) in [6.07, 6.45) is 1.73. The van der Waals surface area contributed by atoms with Crippen LogP contribution < -0.4 is 10.6 Å². The molecule has 0 aliphatic heterocycles. The van der Waals surface area contributed by atoms with Crippen molar-refractivity contribution in [1.29, 1.82) is 5.26 Å². The van der Waals surface area contributed by atoms with Gasteiger partial charge in [0, 0.05) is 12.2 Å². The number of anilines is 2. The van der Waals surface area contributed by atoms with Crippen molar-refractivity contribution in [3.05, 3.63) is 42.1 Å². The van der Waals surface area contributed by atoms with E-state index in [9.17, 15) is 4.79 Å². The Morgan fingerprint density at radius 1 is 1.37 bits per heavy atom. The van der Waals surface area contributed by atoms with Crippen molar-refractivity contribution in [2.45, 2.75) is 6.42 Å². The van der Waals surface area contributed by atoms with Crippen LogP contribution in [0.2, 0.25) is 0 Å². The molecule has 2 rings (SSSR count). The summed E-state index contributed by atoms with van der Waals surface area (Å²) in [6.45, 7) is 0.325. The van der Waals surface area contributed by atoms with Crippen LogP contribution in [-0.2, 0) is 0 Å². The monoisotopic (exact) mass is 255 g/mol. The first-order chi connectivity index (χ1) is 9.31. The number of amides is 1. The predicted octanol–water partition coefficient (Wildman–Crippen LogP) is 1.80. The lowest BCUT2D eigenvalue weighted by molar-refractivity contribution is 0.0955. The summed E-state index contributed by atoms with van der Waals surface area (Å²) in [5, 5.41) is 20.8. The van der Waals surface area contributed by atoms with E-state index in [4.69, 9.17) is 5.26 Å². The molecule has 1 aromatic carbocycles. The number of para-hydroxylation sites is 1. The fourth-order valence-electron chi connectivity index (χ4n) is 1.55. The summed E-state index contributed by atoms with van der Waals surface area (Å²) >= 11 is 0. The van der Waals surface area contributed by atoms with Crippen LogP contribution in [0, 0.1) is 11.3 Å². The van der Waals surface area contributed by atoms with Gasteiger partial charge in [-0.1, -0.05) is 18.2 Å². The molecule has 1 aromatic heterocycles. The summed E-state index contributed by atoms with van der Waals surface area (Å²) in [6, 6.07) is 11.4. The molecule has 1 heterocycles. The number of nitriles is 1. The Morgan fingerprint density at radius 3 is 2.89 bits per heavy atom. The van der Waals surface area contributed by atoms with Crippen molar-refractivity contribution < 1.29 is 4.79 Å². The number of aromatic amines is 1. The minimum Gasteiger partial charge on any atom is -0.351 e. The molecule has 0 unspecified atom stereocenters. The predicted molar refractivity (Wildman–Crippen MR) is 70.9 cm³/mol. The number of benzene rings is 1. The second kappa shape index (κ2) is 6.21. The average molecular weight is 255 g/mol. The van der Waals surface area contributed by atoms with Crippen LogP contribution in [0.4, 0.5) is 11.5 Å². The molecular weight excluding hydrogens is 242 g/mol. The van der Waals surface area contributed by atoms with E-state index in [1.54, 1.807) is 0 Å². The fraction of sp³-hybridized carbons (Fsp3) is 0.154. The van der Waals surface area contributed by atoms with Crippen molar-refractivity contribution in [2.24, 2.45) is 0 Å². The lowest BCUT2D eigenvalue weighted by Crippen LogP contribution is -2.24. The molecule has 2 aromatic rings. The van der Waals surface area contributed by atoms with Gasteiger partial charge in [-0.3, -0.25) is 9.89 Å².